The molecule has 1 unspecified atom stereocenters. The average molecular weight is 335 g/mol. The summed E-state index contributed by atoms with van der Waals surface area (Å²) in [5, 5.41) is 4.31. The zero-order valence-electron chi connectivity index (χ0n) is 14.0. The molecule has 0 spiro atoms. The van der Waals surface area contributed by atoms with Gasteiger partial charge in [0.05, 0.1) is 6.04 Å². The summed E-state index contributed by atoms with van der Waals surface area (Å²) < 4.78 is 0. The lowest BCUT2D eigenvalue weighted by Gasteiger charge is -2.25. The van der Waals surface area contributed by atoms with Crippen LogP contribution in [0.2, 0.25) is 0 Å². The molecule has 3 N–H and O–H groups in total. The maximum absolute atomic E-state index is 12.4. The summed E-state index contributed by atoms with van der Waals surface area (Å²) in [6, 6.07) is 11.5. The van der Waals surface area contributed by atoms with Crippen molar-refractivity contribution < 1.29 is 4.79 Å². The number of aromatic nitrogens is 2. The van der Waals surface area contributed by atoms with Crippen molar-refractivity contribution in [2.75, 3.05) is 0 Å². The van der Waals surface area contributed by atoms with Crippen LogP contribution in [0.3, 0.4) is 0 Å². The molecule has 5 nitrogen and oxygen atoms in total. The number of nitrogens with one attached hydrogen (secondary N) is 3. The van der Waals surface area contributed by atoms with Crippen molar-refractivity contribution in [1.82, 2.24) is 15.3 Å². The van der Waals surface area contributed by atoms with Crippen molar-refractivity contribution in [3.8, 4) is 0 Å². The Balaban J connectivity index is 1.42. The number of pyridine rings is 1. The Labute approximate surface area is 145 Å². The largest absolute Gasteiger partial charge is 0.361 e. The van der Waals surface area contributed by atoms with Crippen LogP contribution >= 0.6 is 0 Å². The lowest BCUT2D eigenvalue weighted by Crippen LogP contribution is -2.32. The Hall–Kier alpha value is -2.82. The highest BCUT2D eigenvalue weighted by atomic mass is 16.1. The molecule has 4 rings (SSSR count). The van der Waals surface area contributed by atoms with E-state index in [1.807, 2.05) is 30.5 Å². The van der Waals surface area contributed by atoms with Crippen molar-refractivity contribution in [2.24, 2.45) is 0 Å². The Bertz CT molecular complexity index is 970. The van der Waals surface area contributed by atoms with Gasteiger partial charge < -0.3 is 15.3 Å². The molecule has 1 aliphatic carbocycles. The quantitative estimate of drug-likeness (QED) is 0.685. The zero-order chi connectivity index (χ0) is 17.2. The summed E-state index contributed by atoms with van der Waals surface area (Å²) in [6.45, 7) is 0. The smallest absolute Gasteiger partial charge is 0.248 e. The lowest BCUT2D eigenvalue weighted by atomic mass is 9.91. The third-order valence-electron chi connectivity index (χ3n) is 4.96. The van der Waals surface area contributed by atoms with Crippen molar-refractivity contribution in [1.29, 1.82) is 0 Å². The van der Waals surface area contributed by atoms with E-state index >= 15 is 0 Å². The number of hydrogen-bond donors (Lipinski definition) is 3. The van der Waals surface area contributed by atoms with Gasteiger partial charge in [0.1, 0.15) is 0 Å². The molecule has 128 valence electrons. The maximum atomic E-state index is 12.4. The highest BCUT2D eigenvalue weighted by Gasteiger charge is 2.22. The fourth-order valence-electron chi connectivity index (χ4n) is 3.70. The topological polar surface area (TPSA) is 77.8 Å². The Morgan fingerprint density at radius 1 is 1.20 bits per heavy atom. The van der Waals surface area contributed by atoms with E-state index in [1.165, 1.54) is 17.0 Å². The van der Waals surface area contributed by atoms with Crippen molar-refractivity contribution >= 4 is 16.8 Å². The molecule has 0 saturated heterocycles. The van der Waals surface area contributed by atoms with Crippen molar-refractivity contribution in [2.45, 2.75) is 38.1 Å². The van der Waals surface area contributed by atoms with Gasteiger partial charge in [0.15, 0.2) is 0 Å². The highest BCUT2D eigenvalue weighted by molar-refractivity contribution is 5.84. The zero-order valence-corrected chi connectivity index (χ0v) is 14.0. The lowest BCUT2D eigenvalue weighted by molar-refractivity contribution is -0.121. The van der Waals surface area contributed by atoms with Gasteiger partial charge in [-0.05, 0) is 48.9 Å². The maximum Gasteiger partial charge on any atom is 0.248 e. The molecule has 0 saturated carbocycles. The third-order valence-corrected chi connectivity index (χ3v) is 4.96. The normalized spacial score (nSPS) is 16.6. The first-order chi connectivity index (χ1) is 12.2. The second kappa shape index (κ2) is 6.59. The molecule has 2 aromatic heterocycles. The van der Waals surface area contributed by atoms with E-state index in [0.717, 1.165) is 36.0 Å². The van der Waals surface area contributed by atoms with Gasteiger partial charge in [0.2, 0.25) is 11.5 Å². The first kappa shape index (κ1) is 15.7. The number of H-pyrrole nitrogens is 2. The first-order valence-electron chi connectivity index (χ1n) is 8.77. The summed E-state index contributed by atoms with van der Waals surface area (Å²) in [6.07, 6.45) is 5.90. The fourth-order valence-corrected chi connectivity index (χ4v) is 3.70. The van der Waals surface area contributed by atoms with Gasteiger partial charge in [0, 0.05) is 35.3 Å². The molecule has 1 amide bonds. The van der Waals surface area contributed by atoms with Crippen LogP contribution in [0.25, 0.3) is 10.9 Å². The molecule has 0 bridgehead atoms. The summed E-state index contributed by atoms with van der Waals surface area (Å²) >= 11 is 0. The minimum absolute atomic E-state index is 0.00364. The molecular formula is C20H21N3O2. The van der Waals surface area contributed by atoms with E-state index < -0.39 is 0 Å². The predicted molar refractivity (Wildman–Crippen MR) is 97.5 cm³/mol. The minimum atomic E-state index is -0.0786. The van der Waals surface area contributed by atoms with Crippen molar-refractivity contribution in [3.63, 3.8) is 0 Å². The number of amides is 1. The van der Waals surface area contributed by atoms with Crippen LogP contribution in [0.4, 0.5) is 0 Å². The summed E-state index contributed by atoms with van der Waals surface area (Å²) in [5.74, 6) is 0.0503. The van der Waals surface area contributed by atoms with E-state index in [9.17, 15) is 9.59 Å². The fraction of sp³-hybridized carbons (Fsp3) is 0.300. The predicted octanol–water partition coefficient (Wildman–Crippen LogP) is 2.98. The SMILES string of the molecule is O=C(CCc1c[nH]c2ccccc12)NC1CCCc2[nH]c(=O)ccc21. The number of hydrogen-bond acceptors (Lipinski definition) is 2. The van der Waals surface area contributed by atoms with Gasteiger partial charge in [-0.1, -0.05) is 18.2 Å². The van der Waals surface area contributed by atoms with Gasteiger partial charge in [-0.15, -0.1) is 0 Å². The van der Waals surface area contributed by atoms with Crippen LogP contribution in [-0.4, -0.2) is 15.9 Å². The van der Waals surface area contributed by atoms with Crippen LogP contribution < -0.4 is 10.9 Å². The number of para-hydroxylation sites is 1. The number of aromatic amines is 2. The van der Waals surface area contributed by atoms with Crippen LogP contribution in [0, 0.1) is 0 Å². The number of rotatable bonds is 4. The molecular weight excluding hydrogens is 314 g/mol. The third kappa shape index (κ3) is 3.22. The van der Waals surface area contributed by atoms with Crippen LogP contribution in [0.15, 0.2) is 47.4 Å². The molecule has 3 aromatic rings. The molecule has 1 atom stereocenters. The average Bonchev–Trinajstić information content (AvgIpc) is 3.03. The Morgan fingerprint density at radius 3 is 3.00 bits per heavy atom. The van der Waals surface area contributed by atoms with E-state index in [4.69, 9.17) is 0 Å². The van der Waals surface area contributed by atoms with Gasteiger partial charge in [-0.25, -0.2) is 0 Å². The van der Waals surface area contributed by atoms with Crippen LogP contribution in [0.1, 0.15) is 42.1 Å². The van der Waals surface area contributed by atoms with Gasteiger partial charge >= 0.3 is 0 Å². The molecule has 5 heteroatoms. The number of aryl methyl sites for hydroxylation is 2. The second-order valence-electron chi connectivity index (χ2n) is 6.63. The molecule has 0 radical (unpaired) electrons. The van der Waals surface area contributed by atoms with E-state index in [1.54, 1.807) is 0 Å². The number of benzene rings is 1. The molecule has 0 aliphatic heterocycles. The molecule has 1 aliphatic rings. The van der Waals surface area contributed by atoms with Gasteiger partial charge in [0.25, 0.3) is 0 Å². The van der Waals surface area contributed by atoms with E-state index in [0.29, 0.717) is 12.8 Å². The number of carbonyl (C=O) groups is 1. The molecule has 1 aromatic carbocycles. The van der Waals surface area contributed by atoms with Crippen LogP contribution in [-0.2, 0) is 17.6 Å². The van der Waals surface area contributed by atoms with E-state index in [2.05, 4.69) is 21.4 Å². The molecule has 0 fully saturated rings. The number of carbonyl (C=O) groups excluding carboxylic acids is 1. The summed E-state index contributed by atoms with van der Waals surface area (Å²) in [4.78, 5) is 30.0. The molecule has 25 heavy (non-hydrogen) atoms. The van der Waals surface area contributed by atoms with Crippen LogP contribution in [0.5, 0.6) is 0 Å². The Morgan fingerprint density at radius 2 is 2.08 bits per heavy atom. The summed E-state index contributed by atoms with van der Waals surface area (Å²) in [5.41, 5.74) is 4.19. The minimum Gasteiger partial charge on any atom is -0.361 e. The number of fused-ring (bicyclic) bond motifs is 2. The van der Waals surface area contributed by atoms with Crippen molar-refractivity contribution in [3.05, 3.63) is 69.8 Å². The molecule has 2 heterocycles. The standard InChI is InChI=1S/C20H21N3O2/c24-19(10-8-13-12-21-16-5-2-1-4-14(13)16)22-17-6-3-7-18-15(17)9-11-20(25)23-18/h1-2,4-5,9,11-12,17,21H,3,6-8,10H2,(H,22,24)(H,23,25). The van der Waals surface area contributed by atoms with Gasteiger partial charge in [-0.2, -0.15) is 0 Å². The first-order valence-corrected chi connectivity index (χ1v) is 8.77. The monoisotopic (exact) mass is 335 g/mol. The second-order valence-corrected chi connectivity index (χ2v) is 6.63. The van der Waals surface area contributed by atoms with Gasteiger partial charge in [-0.3, -0.25) is 9.59 Å². The summed E-state index contributed by atoms with van der Waals surface area (Å²) in [7, 11) is 0. The highest BCUT2D eigenvalue weighted by Crippen LogP contribution is 2.27. The Kier molecular flexibility index (Phi) is 4.14. The van der Waals surface area contributed by atoms with E-state index in [-0.39, 0.29) is 17.5 Å².